The van der Waals surface area contributed by atoms with E-state index < -0.39 is 6.09 Å². The summed E-state index contributed by atoms with van der Waals surface area (Å²) in [6.45, 7) is 0.342. The van der Waals surface area contributed by atoms with Gasteiger partial charge in [0.15, 0.2) is 23.0 Å². The Morgan fingerprint density at radius 1 is 0.786 bits per heavy atom. The Morgan fingerprint density at radius 2 is 1.48 bits per heavy atom. The second-order valence-corrected chi connectivity index (χ2v) is 9.82. The summed E-state index contributed by atoms with van der Waals surface area (Å²) in [7, 11) is 6.37. The highest BCUT2D eigenvalue weighted by atomic mass is 16.6. The number of hydrogen-bond donors (Lipinski definition) is 1. The summed E-state index contributed by atoms with van der Waals surface area (Å²) in [5, 5.41) is 2.81. The van der Waals surface area contributed by atoms with Crippen LogP contribution in [0, 0.1) is 0 Å². The fourth-order valence-corrected chi connectivity index (χ4v) is 4.65. The molecule has 1 aliphatic carbocycles. The van der Waals surface area contributed by atoms with Gasteiger partial charge in [0.2, 0.25) is 5.75 Å². The van der Waals surface area contributed by atoms with Crippen molar-refractivity contribution in [2.24, 2.45) is 0 Å². The molecule has 0 heterocycles. The van der Waals surface area contributed by atoms with Crippen LogP contribution >= 0.6 is 0 Å². The highest BCUT2D eigenvalue weighted by Crippen LogP contribution is 2.39. The molecule has 0 saturated heterocycles. The average molecular weight is 574 g/mol. The largest absolute Gasteiger partial charge is 0.493 e. The van der Waals surface area contributed by atoms with Gasteiger partial charge in [-0.1, -0.05) is 42.8 Å². The van der Waals surface area contributed by atoms with Gasteiger partial charge in [-0.15, -0.1) is 0 Å². The summed E-state index contributed by atoms with van der Waals surface area (Å²) in [6, 6.07) is 17.0. The molecule has 1 amide bonds. The maximum atomic E-state index is 12.4. The molecule has 0 radical (unpaired) electrons. The van der Waals surface area contributed by atoms with E-state index in [1.807, 2.05) is 72.8 Å². The number of allylic oxidation sites excluding steroid dienone is 1. The molecule has 42 heavy (non-hydrogen) atoms. The first-order valence-corrected chi connectivity index (χ1v) is 14.0. The van der Waals surface area contributed by atoms with Crippen LogP contribution in [0.2, 0.25) is 0 Å². The zero-order valence-corrected chi connectivity index (χ0v) is 24.7. The predicted octanol–water partition coefficient (Wildman–Crippen LogP) is 7.91. The first-order valence-electron chi connectivity index (χ1n) is 14.0. The van der Waals surface area contributed by atoms with Crippen LogP contribution in [0.15, 0.2) is 66.7 Å². The first-order chi connectivity index (χ1) is 20.5. The number of methoxy groups -OCH3 is 4. The van der Waals surface area contributed by atoms with E-state index in [-0.39, 0.29) is 6.10 Å². The predicted molar refractivity (Wildman–Crippen MR) is 165 cm³/mol. The van der Waals surface area contributed by atoms with Crippen LogP contribution in [-0.4, -0.2) is 40.6 Å². The van der Waals surface area contributed by atoms with Gasteiger partial charge in [-0.25, -0.2) is 4.79 Å². The Balaban J connectivity index is 1.34. The Hall–Kier alpha value is -4.59. The van der Waals surface area contributed by atoms with Gasteiger partial charge in [-0.3, -0.25) is 5.32 Å². The summed E-state index contributed by atoms with van der Waals surface area (Å²) in [5.74, 6) is 2.96. The van der Waals surface area contributed by atoms with Crippen molar-refractivity contribution in [1.82, 2.24) is 0 Å². The Bertz CT molecular complexity index is 1360. The fourth-order valence-electron chi connectivity index (χ4n) is 4.65. The number of ether oxygens (including phenoxy) is 6. The van der Waals surface area contributed by atoms with Crippen LogP contribution in [0.3, 0.4) is 0 Å². The SMILES string of the molecule is COc1cc(/C=C\c2cc(OC)c(OC)c(OC)c2)ccc1OCc1ccc(NC(=O)OC2/C=C/CCCCC2)cc1. The summed E-state index contributed by atoms with van der Waals surface area (Å²) >= 11 is 0. The van der Waals surface area contributed by atoms with Crippen molar-refractivity contribution in [1.29, 1.82) is 0 Å². The van der Waals surface area contributed by atoms with Crippen LogP contribution in [-0.2, 0) is 11.3 Å². The van der Waals surface area contributed by atoms with E-state index in [0.29, 0.717) is 41.0 Å². The molecular weight excluding hydrogens is 534 g/mol. The van der Waals surface area contributed by atoms with Gasteiger partial charge in [0, 0.05) is 5.69 Å². The highest BCUT2D eigenvalue weighted by Gasteiger charge is 2.14. The van der Waals surface area contributed by atoms with Gasteiger partial charge in [0.1, 0.15) is 12.7 Å². The van der Waals surface area contributed by atoms with Crippen molar-refractivity contribution in [2.45, 2.75) is 44.8 Å². The van der Waals surface area contributed by atoms with E-state index in [2.05, 4.69) is 11.4 Å². The molecule has 1 atom stereocenters. The minimum atomic E-state index is -0.446. The molecule has 0 bridgehead atoms. The molecule has 4 rings (SSSR count). The minimum absolute atomic E-state index is 0.177. The molecule has 0 spiro atoms. The Morgan fingerprint density at radius 3 is 2.17 bits per heavy atom. The van der Waals surface area contributed by atoms with Crippen LogP contribution in [0.25, 0.3) is 12.2 Å². The van der Waals surface area contributed by atoms with Crippen molar-refractivity contribution in [3.63, 3.8) is 0 Å². The summed E-state index contributed by atoms with van der Waals surface area (Å²) < 4.78 is 33.5. The standard InChI is InChI=1S/C34H39NO7/c1-37-30-20-24(12-13-26-21-31(38-2)33(40-4)32(22-26)39-3)16-19-29(30)41-23-25-14-17-27(18-15-25)35-34(36)42-28-10-8-6-5-7-9-11-28/h8,10,12-22,28H,5-7,9,11,23H2,1-4H3,(H,35,36)/b10-8+,13-12-. The maximum Gasteiger partial charge on any atom is 0.412 e. The number of benzene rings is 3. The molecule has 8 heteroatoms. The van der Waals surface area contributed by atoms with E-state index in [1.54, 1.807) is 28.4 Å². The smallest absolute Gasteiger partial charge is 0.412 e. The molecule has 0 fully saturated rings. The van der Waals surface area contributed by atoms with Crippen molar-refractivity contribution in [3.05, 3.63) is 83.4 Å². The average Bonchev–Trinajstić information content (AvgIpc) is 3.00. The van der Waals surface area contributed by atoms with Gasteiger partial charge in [0.05, 0.1) is 28.4 Å². The molecule has 1 N–H and O–H groups in total. The normalized spacial score (nSPS) is 15.7. The van der Waals surface area contributed by atoms with E-state index in [0.717, 1.165) is 36.0 Å². The lowest BCUT2D eigenvalue weighted by molar-refractivity contribution is 0.127. The second-order valence-electron chi connectivity index (χ2n) is 9.82. The molecule has 8 nitrogen and oxygen atoms in total. The minimum Gasteiger partial charge on any atom is -0.493 e. The third-order valence-corrected chi connectivity index (χ3v) is 6.91. The van der Waals surface area contributed by atoms with Crippen molar-refractivity contribution >= 4 is 23.9 Å². The molecule has 0 aliphatic heterocycles. The number of carbonyl (C=O) groups is 1. The Kier molecular flexibility index (Phi) is 11.2. The molecule has 0 saturated carbocycles. The molecule has 1 unspecified atom stereocenters. The van der Waals surface area contributed by atoms with E-state index >= 15 is 0 Å². The maximum absolute atomic E-state index is 12.4. The first kappa shape index (κ1) is 30.4. The summed E-state index contributed by atoms with van der Waals surface area (Å²) in [6.07, 6.45) is 12.7. The lowest BCUT2D eigenvalue weighted by Gasteiger charge is -2.16. The summed E-state index contributed by atoms with van der Waals surface area (Å²) in [5.41, 5.74) is 3.45. The third kappa shape index (κ3) is 8.46. The van der Waals surface area contributed by atoms with Crippen molar-refractivity contribution in [3.8, 4) is 28.7 Å². The number of carbonyl (C=O) groups excluding carboxylic acids is 1. The number of nitrogens with one attached hydrogen (secondary N) is 1. The zero-order valence-electron chi connectivity index (χ0n) is 24.7. The second kappa shape index (κ2) is 15.4. The molecule has 222 valence electrons. The molecule has 0 aromatic heterocycles. The lowest BCUT2D eigenvalue weighted by atomic mass is 10.0. The van der Waals surface area contributed by atoms with Gasteiger partial charge >= 0.3 is 6.09 Å². The van der Waals surface area contributed by atoms with Gasteiger partial charge in [0.25, 0.3) is 0 Å². The molecule has 3 aromatic carbocycles. The fraction of sp³-hybridized carbons (Fsp3) is 0.324. The van der Waals surface area contributed by atoms with Crippen molar-refractivity contribution < 1.29 is 33.2 Å². The van der Waals surface area contributed by atoms with Crippen LogP contribution in [0.1, 0.15) is 48.8 Å². The topological polar surface area (TPSA) is 84.5 Å². The number of hydrogen-bond acceptors (Lipinski definition) is 7. The molecule has 1 aliphatic rings. The highest BCUT2D eigenvalue weighted by molar-refractivity contribution is 5.84. The number of amides is 1. The van der Waals surface area contributed by atoms with Gasteiger partial charge in [-0.2, -0.15) is 0 Å². The van der Waals surface area contributed by atoms with Crippen LogP contribution in [0.5, 0.6) is 28.7 Å². The van der Waals surface area contributed by atoms with Crippen molar-refractivity contribution in [2.75, 3.05) is 33.8 Å². The van der Waals surface area contributed by atoms with E-state index in [1.165, 1.54) is 12.8 Å². The third-order valence-electron chi connectivity index (χ3n) is 6.91. The monoisotopic (exact) mass is 573 g/mol. The molecule has 3 aromatic rings. The number of anilines is 1. The van der Waals surface area contributed by atoms with Gasteiger partial charge in [-0.05, 0) is 84.8 Å². The Labute approximate surface area is 247 Å². The van der Waals surface area contributed by atoms with E-state index in [9.17, 15) is 4.79 Å². The molecular formula is C34H39NO7. The number of rotatable bonds is 11. The quantitative estimate of drug-likeness (QED) is 0.184. The zero-order chi connectivity index (χ0) is 29.7. The summed E-state index contributed by atoms with van der Waals surface area (Å²) in [4.78, 5) is 12.4. The van der Waals surface area contributed by atoms with E-state index in [4.69, 9.17) is 28.4 Å². The van der Waals surface area contributed by atoms with Gasteiger partial charge < -0.3 is 28.4 Å². The van der Waals surface area contributed by atoms with Crippen LogP contribution < -0.4 is 29.0 Å². The van der Waals surface area contributed by atoms with Crippen LogP contribution in [0.4, 0.5) is 10.5 Å². The lowest BCUT2D eigenvalue weighted by Crippen LogP contribution is -2.21.